The minimum absolute atomic E-state index is 0.0227. The molecule has 10 atom stereocenters. The highest BCUT2D eigenvalue weighted by molar-refractivity contribution is 6.06. The lowest BCUT2D eigenvalue weighted by Crippen LogP contribution is -2.59. The van der Waals surface area contributed by atoms with E-state index in [1.165, 1.54) is 11.9 Å². The molecule has 3 aliphatic heterocycles. The number of H-pyrrole nitrogens is 1. The van der Waals surface area contributed by atoms with E-state index >= 15 is 0 Å². The number of aromatic amines is 1. The van der Waals surface area contributed by atoms with Gasteiger partial charge in [0.15, 0.2) is 12.5 Å². The lowest BCUT2D eigenvalue weighted by atomic mass is 9.97. The minimum atomic E-state index is -1.77. The first-order valence-electron chi connectivity index (χ1n) is 16.1. The average molecular weight is 689 g/mol. The summed E-state index contributed by atoms with van der Waals surface area (Å²) in [6, 6.07) is 7.10. The number of hydrogen-bond acceptors (Lipinski definition) is 13. The fourth-order valence-corrected chi connectivity index (χ4v) is 6.28. The van der Waals surface area contributed by atoms with Crippen LogP contribution in [0.3, 0.4) is 0 Å². The Morgan fingerprint density at radius 1 is 1.04 bits per heavy atom. The Hall–Kier alpha value is -3.78. The topological polar surface area (TPSA) is 242 Å². The van der Waals surface area contributed by atoms with Gasteiger partial charge in [-0.3, -0.25) is 28.8 Å². The molecule has 2 saturated heterocycles. The maximum atomic E-state index is 14.3. The number of ether oxygens (including phenoxy) is 3. The van der Waals surface area contributed by atoms with Crippen molar-refractivity contribution in [2.75, 3.05) is 32.5 Å². The van der Waals surface area contributed by atoms with Gasteiger partial charge in [0.25, 0.3) is 11.5 Å². The van der Waals surface area contributed by atoms with Gasteiger partial charge in [-0.15, -0.1) is 0 Å². The number of hydrogen-bond donors (Lipinski definition) is 7. The molecule has 0 spiro atoms. The lowest BCUT2D eigenvalue weighted by molar-refractivity contribution is -0.232. The van der Waals surface area contributed by atoms with Gasteiger partial charge in [-0.25, -0.2) is 4.79 Å². The van der Waals surface area contributed by atoms with Crippen molar-refractivity contribution >= 4 is 17.5 Å². The van der Waals surface area contributed by atoms with Crippen LogP contribution < -0.4 is 22.3 Å². The summed E-state index contributed by atoms with van der Waals surface area (Å²) in [5, 5.41) is 46.3. The largest absolute Gasteiger partial charge is 0.387 e. The van der Waals surface area contributed by atoms with Crippen molar-refractivity contribution in [1.29, 1.82) is 0 Å². The van der Waals surface area contributed by atoms with Gasteiger partial charge in [0.05, 0.1) is 0 Å². The number of nitrogens with one attached hydrogen (secondary N) is 2. The van der Waals surface area contributed by atoms with Crippen LogP contribution >= 0.6 is 0 Å². The normalized spacial score (nSPS) is 31.4. The van der Waals surface area contributed by atoms with Crippen LogP contribution in [0, 0.1) is 0 Å². The van der Waals surface area contributed by atoms with E-state index in [-0.39, 0.29) is 18.8 Å². The Bertz CT molecular complexity index is 1630. The second-order valence-corrected chi connectivity index (χ2v) is 12.5. The predicted molar refractivity (Wildman–Crippen MR) is 173 cm³/mol. The molecule has 2 aromatic rings. The van der Waals surface area contributed by atoms with Crippen molar-refractivity contribution < 1.29 is 44.2 Å². The van der Waals surface area contributed by atoms with Gasteiger partial charge >= 0.3 is 5.69 Å². The molecule has 0 radical (unpaired) electrons. The number of likely N-dealkylation sites (N-methyl/N-ethyl adjacent to an activating group) is 2. The third-order valence-electron chi connectivity index (χ3n) is 9.13. The quantitative estimate of drug-likeness (QED) is 0.130. The van der Waals surface area contributed by atoms with E-state index < -0.39 is 84.4 Å². The summed E-state index contributed by atoms with van der Waals surface area (Å²) in [7, 11) is 2.95. The number of benzene rings is 1. The number of carbonyl (C=O) groups is 2. The van der Waals surface area contributed by atoms with Crippen molar-refractivity contribution in [1.82, 2.24) is 19.4 Å². The SMILES string of the molecule is CCCCc1ccc(NC(=O)C2=CCN(C)[C@@H](C(O[C@@H]3O[C@H](CN)[C@@H](O)[C@H]3O)[C@H]3O[C@@H](n4ccc(=O)[nH]c4=O)[C@H](O)[C@@H]3O)C(=O)N2C)cc1. The molecule has 0 saturated carbocycles. The van der Waals surface area contributed by atoms with E-state index in [0.717, 1.165) is 46.6 Å². The van der Waals surface area contributed by atoms with E-state index in [1.807, 2.05) is 12.1 Å². The Morgan fingerprint density at radius 2 is 1.76 bits per heavy atom. The van der Waals surface area contributed by atoms with Gasteiger partial charge in [0.1, 0.15) is 54.5 Å². The van der Waals surface area contributed by atoms with Crippen molar-refractivity contribution in [3.8, 4) is 0 Å². The van der Waals surface area contributed by atoms with Crippen LogP contribution in [0.5, 0.6) is 0 Å². The molecular formula is C32H44N6O11. The summed E-state index contributed by atoms with van der Waals surface area (Å²) in [6.07, 6.45) is -8.12. The van der Waals surface area contributed by atoms with Crippen LogP contribution in [0.25, 0.3) is 0 Å². The number of rotatable bonds is 11. The summed E-state index contributed by atoms with van der Waals surface area (Å²) < 4.78 is 18.6. The van der Waals surface area contributed by atoms with E-state index in [0.29, 0.717) is 5.69 Å². The van der Waals surface area contributed by atoms with Crippen molar-refractivity contribution in [2.24, 2.45) is 5.73 Å². The van der Waals surface area contributed by atoms with Gasteiger partial charge in [0.2, 0.25) is 5.91 Å². The summed E-state index contributed by atoms with van der Waals surface area (Å²) in [4.78, 5) is 56.6. The second-order valence-electron chi connectivity index (χ2n) is 12.5. The molecule has 5 rings (SSSR count). The summed E-state index contributed by atoms with van der Waals surface area (Å²) >= 11 is 0. The average Bonchev–Trinajstić information content (AvgIpc) is 3.48. The molecular weight excluding hydrogens is 644 g/mol. The van der Waals surface area contributed by atoms with Crippen LogP contribution in [0.15, 0.2) is 57.9 Å². The van der Waals surface area contributed by atoms with Crippen LogP contribution in [0.1, 0.15) is 31.6 Å². The third kappa shape index (κ3) is 7.54. The smallest absolute Gasteiger partial charge is 0.330 e. The first kappa shape index (κ1) is 36.5. The van der Waals surface area contributed by atoms with Crippen molar-refractivity contribution in [3.63, 3.8) is 0 Å². The van der Waals surface area contributed by atoms with Crippen LogP contribution in [0.4, 0.5) is 5.69 Å². The van der Waals surface area contributed by atoms with E-state index in [1.54, 1.807) is 25.3 Å². The molecule has 0 aliphatic carbocycles. The highest BCUT2D eigenvalue weighted by Crippen LogP contribution is 2.36. The number of nitrogens with two attached hydrogens (primary N) is 1. The molecule has 8 N–H and O–H groups in total. The Balaban J connectivity index is 1.43. The fourth-order valence-electron chi connectivity index (χ4n) is 6.28. The highest BCUT2D eigenvalue weighted by atomic mass is 16.7. The number of aromatic nitrogens is 2. The molecule has 17 heteroatoms. The van der Waals surface area contributed by atoms with Gasteiger partial charge < -0.3 is 50.6 Å². The molecule has 1 unspecified atom stereocenters. The van der Waals surface area contributed by atoms with Crippen LogP contribution in [-0.2, 0) is 30.2 Å². The third-order valence-corrected chi connectivity index (χ3v) is 9.13. The zero-order valence-electron chi connectivity index (χ0n) is 27.4. The maximum Gasteiger partial charge on any atom is 0.330 e. The summed E-state index contributed by atoms with van der Waals surface area (Å²) in [6.45, 7) is 1.96. The number of amides is 2. The maximum absolute atomic E-state index is 14.3. The Morgan fingerprint density at radius 3 is 2.39 bits per heavy atom. The lowest BCUT2D eigenvalue weighted by Gasteiger charge is -2.38. The standard InChI is InChI=1S/C32H44N6O11/c1-4-5-6-16-7-9-17(10-8-16)34-28(44)18-11-13-36(2)21(29(45)37(18)3)26(49-31-25(43)22(40)19(15-33)47-31)27-23(41)24(42)30(48-27)38-14-12-20(39)35-32(38)46/h7-12,14,19,21-27,30-31,40-43H,4-6,13,15,33H2,1-3H3,(H,34,44)(H,35,39,46)/t19-,21+,22-,23+,24-,25-,26?,27+,30-,31+/m1/s1. The minimum Gasteiger partial charge on any atom is -0.387 e. The number of aliphatic hydroxyl groups is 4. The number of nitrogens with zero attached hydrogens (tertiary/aromatic N) is 3. The van der Waals surface area contributed by atoms with Crippen LogP contribution in [0.2, 0.25) is 0 Å². The molecule has 1 aromatic heterocycles. The second kappa shape index (κ2) is 15.4. The molecule has 17 nitrogen and oxygen atoms in total. The summed E-state index contributed by atoms with van der Waals surface area (Å²) in [5.41, 5.74) is 5.74. The number of carbonyl (C=O) groups excluding carboxylic acids is 2. The Kier molecular flexibility index (Phi) is 11.5. The molecule has 3 aliphatic rings. The monoisotopic (exact) mass is 688 g/mol. The molecule has 4 heterocycles. The van der Waals surface area contributed by atoms with E-state index in [4.69, 9.17) is 19.9 Å². The van der Waals surface area contributed by atoms with Gasteiger partial charge in [-0.05, 0) is 43.7 Å². The highest BCUT2D eigenvalue weighted by Gasteiger charge is 2.55. The number of anilines is 1. The molecule has 0 bridgehead atoms. The van der Waals surface area contributed by atoms with Gasteiger partial charge in [0, 0.05) is 38.1 Å². The number of aliphatic hydroxyl groups excluding tert-OH is 4. The van der Waals surface area contributed by atoms with Crippen molar-refractivity contribution in [2.45, 2.75) is 87.5 Å². The van der Waals surface area contributed by atoms with Crippen LogP contribution in [-0.4, -0.2) is 134 Å². The first-order chi connectivity index (χ1) is 23.4. The number of unbranched alkanes of at least 4 members (excludes halogenated alkanes) is 1. The van der Waals surface area contributed by atoms with E-state index in [2.05, 4.69) is 17.2 Å². The first-order valence-corrected chi connectivity index (χ1v) is 16.1. The predicted octanol–water partition coefficient (Wildman–Crippen LogP) is -2.42. The summed E-state index contributed by atoms with van der Waals surface area (Å²) in [5.74, 6) is -1.24. The molecule has 1 aromatic carbocycles. The molecule has 2 fully saturated rings. The zero-order chi connectivity index (χ0) is 35.6. The molecule has 268 valence electrons. The van der Waals surface area contributed by atoms with Gasteiger partial charge in [-0.2, -0.15) is 0 Å². The molecule has 49 heavy (non-hydrogen) atoms. The van der Waals surface area contributed by atoms with E-state index in [9.17, 15) is 39.6 Å². The Labute approximate surface area is 281 Å². The molecule has 2 amide bonds. The number of aryl methyl sites for hydroxylation is 1. The fraction of sp³-hybridized carbons (Fsp3) is 0.562. The zero-order valence-corrected chi connectivity index (χ0v) is 27.4. The van der Waals surface area contributed by atoms with Gasteiger partial charge in [-0.1, -0.05) is 25.5 Å². The van der Waals surface area contributed by atoms with Crippen molar-refractivity contribution in [3.05, 3.63) is 74.7 Å².